The van der Waals surface area contributed by atoms with E-state index < -0.39 is 0 Å². The molecule has 7 nitrogen and oxygen atoms in total. The molecule has 1 fully saturated rings. The van der Waals surface area contributed by atoms with E-state index in [-0.39, 0.29) is 0 Å². The van der Waals surface area contributed by atoms with Gasteiger partial charge in [-0.1, -0.05) is 18.7 Å². The first-order chi connectivity index (χ1) is 16.6. The van der Waals surface area contributed by atoms with Gasteiger partial charge in [0.25, 0.3) is 0 Å². The van der Waals surface area contributed by atoms with E-state index in [1.807, 2.05) is 36.6 Å². The Bertz CT molecular complexity index is 1190. The number of aromatic nitrogens is 2. The molecule has 1 aliphatic rings. The molecule has 0 aliphatic carbocycles. The Morgan fingerprint density at radius 2 is 1.74 bits per heavy atom. The SMILES string of the molecule is COc1ccc(-c2nc(SC)nc(Nc3ccc(N4CCC(C)CC4)cc3)c2C#N)cc1OC. The van der Waals surface area contributed by atoms with Crippen molar-refractivity contribution in [3.05, 3.63) is 48.0 Å². The van der Waals surface area contributed by atoms with Gasteiger partial charge < -0.3 is 19.7 Å². The monoisotopic (exact) mass is 475 g/mol. The molecule has 0 amide bonds. The van der Waals surface area contributed by atoms with E-state index in [4.69, 9.17) is 9.47 Å². The minimum absolute atomic E-state index is 0.374. The highest BCUT2D eigenvalue weighted by Crippen LogP contribution is 2.36. The molecule has 0 atom stereocenters. The number of hydrogen-bond acceptors (Lipinski definition) is 8. The smallest absolute Gasteiger partial charge is 0.189 e. The fourth-order valence-electron chi connectivity index (χ4n) is 4.08. The molecule has 3 aromatic rings. The molecule has 1 aromatic heterocycles. The largest absolute Gasteiger partial charge is 0.493 e. The second-order valence-electron chi connectivity index (χ2n) is 8.31. The van der Waals surface area contributed by atoms with Crippen LogP contribution in [0.3, 0.4) is 0 Å². The fraction of sp³-hybridized carbons (Fsp3) is 0.346. The van der Waals surface area contributed by atoms with Gasteiger partial charge in [0.2, 0.25) is 0 Å². The third-order valence-electron chi connectivity index (χ3n) is 6.12. The molecule has 0 bridgehead atoms. The third-order valence-corrected chi connectivity index (χ3v) is 6.67. The summed E-state index contributed by atoms with van der Waals surface area (Å²) in [5.74, 6) is 2.46. The number of methoxy groups -OCH3 is 2. The van der Waals surface area contributed by atoms with Crippen LogP contribution < -0.4 is 19.7 Å². The first-order valence-electron chi connectivity index (χ1n) is 11.3. The lowest BCUT2D eigenvalue weighted by molar-refractivity contribution is 0.355. The van der Waals surface area contributed by atoms with E-state index in [0.717, 1.165) is 30.3 Å². The summed E-state index contributed by atoms with van der Waals surface area (Å²) < 4.78 is 10.8. The molecule has 0 saturated carbocycles. The van der Waals surface area contributed by atoms with Crippen molar-refractivity contribution in [1.29, 1.82) is 5.26 Å². The molecular formula is C26H29N5O2S. The van der Waals surface area contributed by atoms with Gasteiger partial charge in [-0.05, 0) is 67.5 Å². The number of piperidine rings is 1. The summed E-state index contributed by atoms with van der Waals surface area (Å²) in [6.45, 7) is 4.49. The van der Waals surface area contributed by atoms with Crippen LogP contribution in [0.2, 0.25) is 0 Å². The van der Waals surface area contributed by atoms with E-state index in [0.29, 0.717) is 33.7 Å². The maximum atomic E-state index is 10.0. The maximum absolute atomic E-state index is 10.0. The highest BCUT2D eigenvalue weighted by atomic mass is 32.2. The second kappa shape index (κ2) is 10.7. The van der Waals surface area contributed by atoms with Crippen LogP contribution in [0.4, 0.5) is 17.2 Å². The Balaban J connectivity index is 1.66. The molecule has 0 unspecified atom stereocenters. The Kier molecular flexibility index (Phi) is 7.43. The van der Waals surface area contributed by atoms with E-state index in [1.54, 1.807) is 14.2 Å². The molecule has 176 valence electrons. The van der Waals surface area contributed by atoms with Crippen molar-refractivity contribution in [2.75, 3.05) is 43.8 Å². The number of nitrogens with one attached hydrogen (secondary N) is 1. The molecule has 0 radical (unpaired) electrons. The summed E-state index contributed by atoms with van der Waals surface area (Å²) in [6, 6.07) is 16.1. The van der Waals surface area contributed by atoms with Crippen molar-refractivity contribution in [3.8, 4) is 28.8 Å². The van der Waals surface area contributed by atoms with Gasteiger partial charge in [0, 0.05) is 30.0 Å². The number of benzene rings is 2. The van der Waals surface area contributed by atoms with Crippen molar-refractivity contribution < 1.29 is 9.47 Å². The molecule has 2 heterocycles. The fourth-order valence-corrected chi connectivity index (χ4v) is 4.44. The number of nitriles is 1. The molecular weight excluding hydrogens is 446 g/mol. The average Bonchev–Trinajstić information content (AvgIpc) is 2.88. The van der Waals surface area contributed by atoms with Gasteiger partial charge in [0.05, 0.1) is 19.9 Å². The highest BCUT2D eigenvalue weighted by Gasteiger charge is 2.19. The first kappa shape index (κ1) is 23.7. The van der Waals surface area contributed by atoms with Crippen molar-refractivity contribution in [2.45, 2.75) is 24.9 Å². The standard InChI is InChI=1S/C26H29N5O2S/c1-17-11-13-31(14-12-17)20-8-6-19(7-9-20)28-25-21(16-27)24(29-26(30-25)34-4)18-5-10-22(32-2)23(15-18)33-3/h5-10,15,17H,11-14H2,1-4H3,(H,28,29,30). The predicted octanol–water partition coefficient (Wildman–Crippen LogP) is 5.73. The van der Waals surface area contributed by atoms with Crippen molar-refractivity contribution in [3.63, 3.8) is 0 Å². The van der Waals surface area contributed by atoms with E-state index in [2.05, 4.69) is 45.3 Å². The van der Waals surface area contributed by atoms with Gasteiger partial charge in [0.15, 0.2) is 22.5 Å². The normalized spacial score (nSPS) is 13.9. The Labute approximate surface area is 205 Å². The lowest BCUT2D eigenvalue weighted by Crippen LogP contribution is -2.32. The van der Waals surface area contributed by atoms with Gasteiger partial charge in [0.1, 0.15) is 11.6 Å². The lowest BCUT2D eigenvalue weighted by atomic mass is 9.99. The topological polar surface area (TPSA) is 83.3 Å². The van der Waals surface area contributed by atoms with Crippen LogP contribution in [0.5, 0.6) is 11.5 Å². The first-order valence-corrected chi connectivity index (χ1v) is 12.5. The Hall–Kier alpha value is -3.44. The van der Waals surface area contributed by atoms with Gasteiger partial charge in [-0.2, -0.15) is 5.26 Å². The van der Waals surface area contributed by atoms with E-state index in [1.165, 1.54) is 30.3 Å². The summed E-state index contributed by atoms with van der Waals surface area (Å²) in [4.78, 5) is 11.7. The zero-order valence-electron chi connectivity index (χ0n) is 20.0. The predicted molar refractivity (Wildman–Crippen MR) is 137 cm³/mol. The quantitative estimate of drug-likeness (QED) is 0.342. The van der Waals surface area contributed by atoms with Gasteiger partial charge in [-0.3, -0.25) is 0 Å². The van der Waals surface area contributed by atoms with Crippen molar-refractivity contribution in [2.24, 2.45) is 5.92 Å². The number of rotatable bonds is 7. The molecule has 8 heteroatoms. The molecule has 4 rings (SSSR count). The summed E-state index contributed by atoms with van der Waals surface area (Å²) in [6.07, 6.45) is 4.36. The summed E-state index contributed by atoms with van der Waals surface area (Å²) in [5.41, 5.74) is 3.76. The second-order valence-corrected chi connectivity index (χ2v) is 9.08. The molecule has 0 spiro atoms. The van der Waals surface area contributed by atoms with Crippen molar-refractivity contribution in [1.82, 2.24) is 9.97 Å². The van der Waals surface area contributed by atoms with Crippen LogP contribution >= 0.6 is 11.8 Å². The highest BCUT2D eigenvalue weighted by molar-refractivity contribution is 7.98. The van der Waals surface area contributed by atoms with Crippen LogP contribution in [-0.2, 0) is 0 Å². The number of hydrogen-bond donors (Lipinski definition) is 1. The third kappa shape index (κ3) is 5.05. The van der Waals surface area contributed by atoms with E-state index >= 15 is 0 Å². The van der Waals surface area contributed by atoms with Gasteiger partial charge in [-0.25, -0.2) is 9.97 Å². The van der Waals surface area contributed by atoms with E-state index in [9.17, 15) is 5.26 Å². The van der Waals surface area contributed by atoms with Crippen LogP contribution in [0.25, 0.3) is 11.3 Å². The van der Waals surface area contributed by atoms with Gasteiger partial charge >= 0.3 is 0 Å². The molecule has 34 heavy (non-hydrogen) atoms. The number of thioether (sulfide) groups is 1. The Morgan fingerprint density at radius 1 is 1.03 bits per heavy atom. The molecule has 1 N–H and O–H groups in total. The number of anilines is 3. The molecule has 2 aromatic carbocycles. The van der Waals surface area contributed by atoms with Crippen LogP contribution in [0, 0.1) is 17.2 Å². The average molecular weight is 476 g/mol. The number of nitrogens with zero attached hydrogens (tertiary/aromatic N) is 4. The van der Waals surface area contributed by atoms with Crippen LogP contribution in [-0.4, -0.2) is 43.5 Å². The molecule has 1 saturated heterocycles. The minimum atomic E-state index is 0.374. The Morgan fingerprint density at radius 3 is 2.35 bits per heavy atom. The zero-order valence-corrected chi connectivity index (χ0v) is 20.8. The zero-order chi connectivity index (χ0) is 24.1. The minimum Gasteiger partial charge on any atom is -0.493 e. The maximum Gasteiger partial charge on any atom is 0.189 e. The summed E-state index contributed by atoms with van der Waals surface area (Å²) >= 11 is 1.43. The number of ether oxygens (including phenoxy) is 2. The van der Waals surface area contributed by atoms with Crippen LogP contribution in [0.1, 0.15) is 25.3 Å². The summed E-state index contributed by atoms with van der Waals surface area (Å²) in [7, 11) is 3.18. The molecule has 1 aliphatic heterocycles. The van der Waals surface area contributed by atoms with Gasteiger partial charge in [-0.15, -0.1) is 0 Å². The van der Waals surface area contributed by atoms with Crippen LogP contribution in [0.15, 0.2) is 47.6 Å². The summed E-state index contributed by atoms with van der Waals surface area (Å²) in [5, 5.41) is 13.9. The lowest BCUT2D eigenvalue weighted by Gasteiger charge is -2.32. The van der Waals surface area contributed by atoms with Crippen molar-refractivity contribution >= 4 is 29.0 Å².